The quantitative estimate of drug-likeness (QED) is 0.851. The second-order valence-electron chi connectivity index (χ2n) is 4.41. The first-order valence-corrected chi connectivity index (χ1v) is 6.59. The fourth-order valence-electron chi connectivity index (χ4n) is 1.82. The average Bonchev–Trinajstić information content (AvgIpc) is 2.55. The Bertz CT molecular complexity index is 626. The second kappa shape index (κ2) is 7.19. The molecule has 21 heavy (non-hydrogen) atoms. The number of nitrogens with zero attached hydrogens (tertiary/aromatic N) is 1. The van der Waals surface area contributed by atoms with Gasteiger partial charge in [0, 0.05) is 31.4 Å². The van der Waals surface area contributed by atoms with Crippen LogP contribution in [-0.4, -0.2) is 30.5 Å². The molecule has 0 saturated carbocycles. The molecule has 0 aliphatic rings. The minimum absolute atomic E-state index is 0.236. The predicted octanol–water partition coefficient (Wildman–Crippen LogP) is 1.84. The molecule has 0 spiro atoms. The van der Waals surface area contributed by atoms with E-state index < -0.39 is 5.97 Å². The highest BCUT2D eigenvalue weighted by molar-refractivity contribution is 5.97. The lowest BCUT2D eigenvalue weighted by Crippen LogP contribution is -2.18. The highest BCUT2D eigenvalue weighted by Gasteiger charge is 2.10. The Morgan fingerprint density at radius 3 is 2.71 bits per heavy atom. The van der Waals surface area contributed by atoms with Crippen molar-refractivity contribution >= 4 is 11.9 Å². The number of aromatic nitrogens is 1. The maximum Gasteiger partial charge on any atom is 0.338 e. The summed E-state index contributed by atoms with van der Waals surface area (Å²) >= 11 is 0. The van der Waals surface area contributed by atoms with Crippen LogP contribution in [0.4, 0.5) is 0 Å². The Hall–Kier alpha value is -2.69. The van der Waals surface area contributed by atoms with Gasteiger partial charge < -0.3 is 10.1 Å². The first kappa shape index (κ1) is 14.7. The van der Waals surface area contributed by atoms with Gasteiger partial charge in [-0.05, 0) is 29.8 Å². The Kier molecular flexibility index (Phi) is 5.04. The van der Waals surface area contributed by atoms with E-state index in [1.165, 1.54) is 6.07 Å². The lowest BCUT2D eigenvalue weighted by atomic mass is 10.1. The minimum atomic E-state index is -0.440. The van der Waals surface area contributed by atoms with E-state index in [-0.39, 0.29) is 12.5 Å². The van der Waals surface area contributed by atoms with Crippen LogP contribution in [0, 0.1) is 0 Å². The van der Waals surface area contributed by atoms with Crippen molar-refractivity contribution in [2.75, 3.05) is 13.7 Å². The van der Waals surface area contributed by atoms with E-state index >= 15 is 0 Å². The van der Waals surface area contributed by atoms with E-state index in [0.717, 1.165) is 5.56 Å². The summed E-state index contributed by atoms with van der Waals surface area (Å²) in [5.41, 5.74) is 1.80. The fraction of sp³-hybridized carbons (Fsp3) is 0.188. The SMILES string of the molecule is CNC(=O)c1cccc(C(=O)OCCc2cccnc2)c1. The Morgan fingerprint density at radius 2 is 2.00 bits per heavy atom. The normalized spacial score (nSPS) is 9.95. The molecule has 1 aromatic heterocycles. The van der Waals surface area contributed by atoms with Gasteiger partial charge in [0.15, 0.2) is 0 Å². The van der Waals surface area contributed by atoms with Crippen molar-refractivity contribution < 1.29 is 14.3 Å². The number of benzene rings is 1. The Labute approximate surface area is 123 Å². The molecule has 1 aromatic carbocycles. The molecule has 5 nitrogen and oxygen atoms in total. The molecule has 0 saturated heterocycles. The predicted molar refractivity (Wildman–Crippen MR) is 78.1 cm³/mol. The van der Waals surface area contributed by atoms with Gasteiger partial charge in [0.2, 0.25) is 0 Å². The molecule has 5 heteroatoms. The van der Waals surface area contributed by atoms with Crippen LogP contribution < -0.4 is 5.32 Å². The highest BCUT2D eigenvalue weighted by atomic mass is 16.5. The monoisotopic (exact) mass is 284 g/mol. The highest BCUT2D eigenvalue weighted by Crippen LogP contribution is 2.07. The lowest BCUT2D eigenvalue weighted by Gasteiger charge is -2.06. The number of rotatable bonds is 5. The largest absolute Gasteiger partial charge is 0.462 e. The molecule has 0 fully saturated rings. The summed E-state index contributed by atoms with van der Waals surface area (Å²) in [6.07, 6.45) is 4.04. The summed E-state index contributed by atoms with van der Waals surface area (Å²) in [5, 5.41) is 2.51. The summed E-state index contributed by atoms with van der Waals surface area (Å²) in [7, 11) is 1.54. The summed E-state index contributed by atoms with van der Waals surface area (Å²) in [6.45, 7) is 0.273. The number of hydrogen-bond donors (Lipinski definition) is 1. The third-order valence-electron chi connectivity index (χ3n) is 2.93. The van der Waals surface area contributed by atoms with Gasteiger partial charge >= 0.3 is 5.97 Å². The molecular weight excluding hydrogens is 268 g/mol. The second-order valence-corrected chi connectivity index (χ2v) is 4.41. The summed E-state index contributed by atoms with van der Waals surface area (Å²) in [4.78, 5) is 27.4. The van der Waals surface area contributed by atoms with Crippen molar-refractivity contribution in [2.45, 2.75) is 6.42 Å². The summed E-state index contributed by atoms with van der Waals surface area (Å²) in [5.74, 6) is -0.676. The zero-order valence-corrected chi connectivity index (χ0v) is 11.7. The van der Waals surface area contributed by atoms with Gasteiger partial charge in [0.25, 0.3) is 5.91 Å². The molecule has 0 bridgehead atoms. The standard InChI is InChI=1S/C16H16N2O3/c1-17-15(19)13-5-2-6-14(10-13)16(20)21-9-7-12-4-3-8-18-11-12/h2-6,8,10-11H,7,9H2,1H3,(H,17,19). The molecule has 0 unspecified atom stereocenters. The Balaban J connectivity index is 1.93. The molecule has 108 valence electrons. The number of hydrogen-bond acceptors (Lipinski definition) is 4. The van der Waals surface area contributed by atoms with Crippen LogP contribution in [0.5, 0.6) is 0 Å². The van der Waals surface area contributed by atoms with E-state index in [4.69, 9.17) is 4.74 Å². The Morgan fingerprint density at radius 1 is 1.19 bits per heavy atom. The smallest absolute Gasteiger partial charge is 0.338 e. The molecule has 1 N–H and O–H groups in total. The van der Waals surface area contributed by atoms with E-state index in [2.05, 4.69) is 10.3 Å². The van der Waals surface area contributed by atoms with Gasteiger partial charge in [-0.2, -0.15) is 0 Å². The number of ether oxygens (including phenoxy) is 1. The number of pyridine rings is 1. The molecule has 0 aliphatic carbocycles. The van der Waals surface area contributed by atoms with Crippen molar-refractivity contribution in [2.24, 2.45) is 0 Å². The third kappa shape index (κ3) is 4.14. The lowest BCUT2D eigenvalue weighted by molar-refractivity contribution is 0.0509. The molecule has 2 rings (SSSR count). The zero-order valence-electron chi connectivity index (χ0n) is 11.7. The maximum atomic E-state index is 11.9. The van der Waals surface area contributed by atoms with Crippen molar-refractivity contribution in [3.63, 3.8) is 0 Å². The fourth-order valence-corrected chi connectivity index (χ4v) is 1.82. The summed E-state index contributed by atoms with van der Waals surface area (Å²) < 4.78 is 5.20. The molecule has 1 heterocycles. The molecule has 0 aliphatic heterocycles. The van der Waals surface area contributed by atoms with Gasteiger partial charge in [-0.3, -0.25) is 9.78 Å². The van der Waals surface area contributed by atoms with Crippen molar-refractivity contribution in [1.29, 1.82) is 0 Å². The van der Waals surface area contributed by atoms with Gasteiger partial charge in [0.1, 0.15) is 0 Å². The van der Waals surface area contributed by atoms with Gasteiger partial charge in [-0.15, -0.1) is 0 Å². The van der Waals surface area contributed by atoms with Crippen LogP contribution >= 0.6 is 0 Å². The number of esters is 1. The van der Waals surface area contributed by atoms with Crippen LogP contribution in [0.2, 0.25) is 0 Å². The third-order valence-corrected chi connectivity index (χ3v) is 2.93. The van der Waals surface area contributed by atoms with E-state index in [0.29, 0.717) is 17.5 Å². The van der Waals surface area contributed by atoms with Crippen LogP contribution in [0.15, 0.2) is 48.8 Å². The number of carbonyl (C=O) groups is 2. The van der Waals surface area contributed by atoms with Crippen LogP contribution in [0.1, 0.15) is 26.3 Å². The molecule has 0 atom stereocenters. The molecule has 0 radical (unpaired) electrons. The van der Waals surface area contributed by atoms with E-state index in [9.17, 15) is 9.59 Å². The molecule has 1 amide bonds. The van der Waals surface area contributed by atoms with Gasteiger partial charge in [0.05, 0.1) is 12.2 Å². The molecular formula is C16H16N2O3. The topological polar surface area (TPSA) is 68.3 Å². The number of amides is 1. The maximum absolute atomic E-state index is 11.9. The summed E-state index contributed by atoms with van der Waals surface area (Å²) in [6, 6.07) is 10.2. The van der Waals surface area contributed by atoms with Gasteiger partial charge in [-0.25, -0.2) is 4.79 Å². The first-order valence-electron chi connectivity index (χ1n) is 6.59. The van der Waals surface area contributed by atoms with E-state index in [1.54, 1.807) is 37.6 Å². The van der Waals surface area contributed by atoms with Gasteiger partial charge in [-0.1, -0.05) is 12.1 Å². The van der Waals surface area contributed by atoms with Crippen molar-refractivity contribution in [1.82, 2.24) is 10.3 Å². The van der Waals surface area contributed by atoms with Crippen LogP contribution in [0.25, 0.3) is 0 Å². The minimum Gasteiger partial charge on any atom is -0.462 e. The van der Waals surface area contributed by atoms with Crippen LogP contribution in [-0.2, 0) is 11.2 Å². The zero-order chi connectivity index (χ0) is 15.1. The first-order chi connectivity index (χ1) is 10.2. The average molecular weight is 284 g/mol. The number of nitrogens with one attached hydrogen (secondary N) is 1. The van der Waals surface area contributed by atoms with E-state index in [1.807, 2.05) is 12.1 Å². The van der Waals surface area contributed by atoms with Crippen LogP contribution in [0.3, 0.4) is 0 Å². The van der Waals surface area contributed by atoms with Crippen molar-refractivity contribution in [3.8, 4) is 0 Å². The molecule has 2 aromatic rings. The number of carbonyl (C=O) groups excluding carboxylic acids is 2. The van der Waals surface area contributed by atoms with Crippen molar-refractivity contribution in [3.05, 3.63) is 65.5 Å².